The maximum Gasteiger partial charge on any atom is 0.416 e. The molecule has 12 nitrogen and oxygen atoms in total. The van der Waals surface area contributed by atoms with E-state index in [1.807, 2.05) is 0 Å². The number of fused-ring (bicyclic) bond motifs is 8. The molecule has 2 aliphatic rings. The highest BCUT2D eigenvalue weighted by Gasteiger charge is 2.33. The Bertz CT molecular complexity index is 2110. The minimum absolute atomic E-state index is 0. The number of carboxylic acid groups (broad SMARTS) is 4. The maximum atomic E-state index is 12.9. The van der Waals surface area contributed by atoms with Crippen molar-refractivity contribution < 1.29 is 39.6 Å². The molecule has 5 N–H and O–H groups in total. The third-order valence-corrected chi connectivity index (χ3v) is 6.69. The summed E-state index contributed by atoms with van der Waals surface area (Å²) in [6.07, 6.45) is 2.71. The number of carboxylic acids is 3. The van der Waals surface area contributed by atoms with Crippen LogP contribution in [0.5, 0.6) is 0 Å². The monoisotopic (exact) mass is 586 g/mol. The van der Waals surface area contributed by atoms with Crippen LogP contribution < -0.4 is 0 Å². The first-order valence-corrected chi connectivity index (χ1v) is 12.3. The highest BCUT2D eigenvalue weighted by atomic mass is 24.3. The van der Waals surface area contributed by atoms with E-state index in [0.29, 0.717) is 21.3 Å². The van der Waals surface area contributed by atoms with Gasteiger partial charge in [-0.25, -0.2) is 33.7 Å². The molecule has 3 aromatic heterocycles. The molecule has 208 valence electrons. The normalized spacial score (nSPS) is 11.9. The topological polar surface area (TPSA) is 196 Å². The number of hydrogen-bond donors (Lipinski definition) is 5. The van der Waals surface area contributed by atoms with Crippen LogP contribution in [0, 0.1) is 0 Å². The van der Waals surface area contributed by atoms with E-state index in [1.165, 1.54) is 12.1 Å². The van der Waals surface area contributed by atoms with E-state index in [4.69, 9.17) is 0 Å². The number of rotatable bonds is 4. The van der Waals surface area contributed by atoms with Gasteiger partial charge in [-0.3, -0.25) is 0 Å². The lowest BCUT2D eigenvalue weighted by Crippen LogP contribution is -2.14. The van der Waals surface area contributed by atoms with Crippen LogP contribution in [0.15, 0.2) is 60.7 Å². The fourth-order valence-corrected chi connectivity index (χ4v) is 5.06. The zero-order chi connectivity index (χ0) is 29.7. The summed E-state index contributed by atoms with van der Waals surface area (Å²) >= 11 is 0. The van der Waals surface area contributed by atoms with E-state index in [-0.39, 0.29) is 51.1 Å². The van der Waals surface area contributed by atoms with Crippen LogP contribution in [-0.2, 0) is 4.79 Å². The Morgan fingerprint density at radius 3 is 1.88 bits per heavy atom. The lowest BCUT2D eigenvalue weighted by atomic mass is 9.99. The van der Waals surface area contributed by atoms with Gasteiger partial charge in [-0.05, 0) is 54.1 Å². The van der Waals surface area contributed by atoms with Crippen LogP contribution in [0.25, 0.3) is 57.0 Å². The molecule has 0 spiro atoms. The predicted molar refractivity (Wildman–Crippen MR) is 158 cm³/mol. The van der Waals surface area contributed by atoms with Gasteiger partial charge in [-0.15, -0.1) is 0 Å². The van der Waals surface area contributed by atoms with Crippen molar-refractivity contribution in [2.45, 2.75) is 0 Å². The van der Waals surface area contributed by atoms with Gasteiger partial charge in [-0.1, -0.05) is 30.3 Å². The molecule has 0 saturated heterocycles. The van der Waals surface area contributed by atoms with E-state index in [1.54, 1.807) is 60.7 Å². The zero-order valence-corrected chi connectivity index (χ0v) is 23.4. The van der Waals surface area contributed by atoms with Gasteiger partial charge >= 0.3 is 24.0 Å². The predicted octanol–water partition coefficient (Wildman–Crippen LogP) is 4.79. The number of nitrogens with zero attached hydrogens (tertiary/aromatic N) is 3. The molecule has 8 bridgehead atoms. The lowest BCUT2D eigenvalue weighted by Gasteiger charge is -2.06. The minimum atomic E-state index is -1.78. The summed E-state index contributed by atoms with van der Waals surface area (Å²) in [7, 11) is 0. The number of hydrogen-bond acceptors (Lipinski definition) is 6. The Morgan fingerprint density at radius 2 is 1.30 bits per heavy atom. The molecule has 6 rings (SSSR count). The van der Waals surface area contributed by atoms with Crippen molar-refractivity contribution in [1.29, 1.82) is 0 Å². The number of aromatic nitrogens is 4. The number of carbonyl (C=O) groups is 4. The van der Waals surface area contributed by atoms with Crippen molar-refractivity contribution in [3.8, 4) is 11.1 Å². The summed E-state index contributed by atoms with van der Waals surface area (Å²) in [4.78, 5) is 62.7. The summed E-state index contributed by atoms with van der Waals surface area (Å²) < 4.78 is 0.527. The molecule has 0 amide bonds. The van der Waals surface area contributed by atoms with Gasteiger partial charge in [0.05, 0.1) is 44.9 Å². The molecule has 4 aromatic rings. The highest BCUT2D eigenvalue weighted by Crippen LogP contribution is 2.38. The smallest absolute Gasteiger partial charge is 0.416 e. The lowest BCUT2D eigenvalue weighted by molar-refractivity contribution is -0.130. The first-order valence-electron chi connectivity index (χ1n) is 12.3. The van der Waals surface area contributed by atoms with Gasteiger partial charge in [0.25, 0.3) is 0 Å². The van der Waals surface area contributed by atoms with Crippen molar-refractivity contribution in [2.75, 3.05) is 0 Å². The van der Waals surface area contributed by atoms with E-state index in [9.17, 15) is 39.6 Å². The molecular weight excluding hydrogens is 569 g/mol. The van der Waals surface area contributed by atoms with Crippen LogP contribution in [0.3, 0.4) is 0 Å². The number of H-pyrrole nitrogens is 1. The van der Waals surface area contributed by atoms with Gasteiger partial charge < -0.3 is 25.4 Å². The number of benzene rings is 1. The van der Waals surface area contributed by atoms with E-state index < -0.39 is 51.9 Å². The Kier molecular flexibility index (Phi) is 7.44. The summed E-state index contributed by atoms with van der Waals surface area (Å²) in [6, 6.07) is 16.0. The number of aromatic carboxylic acids is 2. The number of aliphatic carboxylic acids is 1. The summed E-state index contributed by atoms with van der Waals surface area (Å²) in [5.41, 5.74) is -1.49. The molecule has 5 heterocycles. The van der Waals surface area contributed by atoms with Crippen molar-refractivity contribution >= 4 is 92.9 Å². The second-order valence-electron chi connectivity index (χ2n) is 9.30. The van der Waals surface area contributed by atoms with E-state index >= 15 is 0 Å². The van der Waals surface area contributed by atoms with Crippen molar-refractivity contribution in [3.63, 3.8) is 0 Å². The van der Waals surface area contributed by atoms with Crippen LogP contribution in [0.2, 0.25) is 0 Å². The number of aromatic amines is 1. The molecule has 2 aliphatic heterocycles. The Hall–Kier alpha value is -5.53. The van der Waals surface area contributed by atoms with Crippen molar-refractivity contribution in [1.82, 2.24) is 19.5 Å². The van der Waals surface area contributed by atoms with Gasteiger partial charge in [0.1, 0.15) is 5.56 Å². The zero-order valence-electron chi connectivity index (χ0n) is 22.0. The molecule has 0 unspecified atom stereocenters. The molecule has 2 radical (unpaired) electrons. The molecular formula is C30H18MgN4O8. The molecule has 0 aliphatic carbocycles. The molecule has 13 heteroatoms. The average molecular weight is 587 g/mol. The maximum absolute atomic E-state index is 12.9. The molecule has 0 atom stereocenters. The van der Waals surface area contributed by atoms with E-state index in [0.717, 1.165) is 6.08 Å². The largest absolute Gasteiger partial charge is 0.478 e. The quantitative estimate of drug-likeness (QED) is 0.183. The van der Waals surface area contributed by atoms with E-state index in [2.05, 4.69) is 15.0 Å². The molecule has 1 aromatic carbocycles. The second kappa shape index (κ2) is 11.0. The Balaban J connectivity index is 0.00000368. The van der Waals surface area contributed by atoms with Crippen LogP contribution in [0.1, 0.15) is 43.5 Å². The summed E-state index contributed by atoms with van der Waals surface area (Å²) in [5.74, 6) is -4.95. The summed E-state index contributed by atoms with van der Waals surface area (Å²) in [6.45, 7) is 0. The minimum Gasteiger partial charge on any atom is -0.478 e. The van der Waals surface area contributed by atoms with Crippen LogP contribution in [0.4, 0.5) is 4.79 Å². The average Bonchev–Trinajstić information content (AvgIpc) is 3.71. The SMILES string of the molecule is O=C(O)C1=Cc2cc3ccc(cc4nc(cc5c(-c6ccccc6)c(C(=O)O)c(c(C(=O)O)c1n2)n5C(=O)O)C=C4)[nH]3.[Mg]. The van der Waals surface area contributed by atoms with Gasteiger partial charge in [0.15, 0.2) is 0 Å². The van der Waals surface area contributed by atoms with Crippen LogP contribution >= 0.6 is 0 Å². The molecule has 0 fully saturated rings. The third-order valence-electron chi connectivity index (χ3n) is 6.69. The Labute approximate surface area is 257 Å². The van der Waals surface area contributed by atoms with Gasteiger partial charge in [-0.2, -0.15) is 0 Å². The second-order valence-corrected chi connectivity index (χ2v) is 9.30. The van der Waals surface area contributed by atoms with Crippen molar-refractivity contribution in [2.24, 2.45) is 0 Å². The highest BCUT2D eigenvalue weighted by molar-refractivity contribution is 6.25. The first kappa shape index (κ1) is 29.0. The standard InChI is InChI=1S/C30H18N4O8.Mg/c35-27(36)20-12-19-11-17-7-6-15(31-17)10-16-8-9-18(32-16)13-21-22(14-4-2-1-3-5-14)23(28(37)38)26(34(21)30(41)42)24(29(39)40)25(20)33-19;/h1-13,31H,(H,35,36)(H,37,38)(H,39,40)(H,41,42);. The Morgan fingerprint density at radius 1 is 0.698 bits per heavy atom. The first-order chi connectivity index (χ1) is 20.1. The van der Waals surface area contributed by atoms with Crippen molar-refractivity contribution in [3.05, 3.63) is 94.6 Å². The fraction of sp³-hybridized carbons (Fsp3) is 0. The summed E-state index contributed by atoms with van der Waals surface area (Å²) in [5, 5.41) is 41.3. The molecule has 43 heavy (non-hydrogen) atoms. The third kappa shape index (κ3) is 5.07. The number of nitrogens with one attached hydrogen (secondary N) is 1. The fourth-order valence-electron chi connectivity index (χ4n) is 5.06. The van der Waals surface area contributed by atoms with Gasteiger partial charge in [0, 0.05) is 39.6 Å². The van der Waals surface area contributed by atoms with Gasteiger partial charge in [0.2, 0.25) is 0 Å². The van der Waals surface area contributed by atoms with Crippen LogP contribution in [-0.4, -0.2) is 87.0 Å². The molecule has 0 saturated carbocycles.